The van der Waals surface area contributed by atoms with E-state index in [1.807, 2.05) is 30.6 Å². The smallest absolute Gasteiger partial charge is 0.254 e. The van der Waals surface area contributed by atoms with Gasteiger partial charge in [0.1, 0.15) is 5.16 Å². The zero-order chi connectivity index (χ0) is 7.52. The predicted molar refractivity (Wildman–Crippen MR) is 35.8 cm³/mol. The van der Waals surface area contributed by atoms with Crippen molar-refractivity contribution in [1.29, 1.82) is 0 Å². The Labute approximate surface area is 63.1 Å². The molecule has 0 saturated heterocycles. The molecule has 2 heterocycles. The van der Waals surface area contributed by atoms with Crippen LogP contribution in [0.4, 0.5) is 0 Å². The third-order valence-corrected chi connectivity index (χ3v) is 1.30. The highest BCUT2D eigenvalue weighted by atomic mass is 16.5. The molecule has 0 atom stereocenters. The van der Waals surface area contributed by atoms with Crippen molar-refractivity contribution in [3.8, 4) is 5.95 Å². The van der Waals surface area contributed by atoms with Crippen molar-refractivity contribution >= 4 is 0 Å². The van der Waals surface area contributed by atoms with E-state index in [9.17, 15) is 0 Å². The van der Waals surface area contributed by atoms with Gasteiger partial charge >= 0.3 is 12.3 Å². The second-order valence-electron chi connectivity index (χ2n) is 2.01. The van der Waals surface area contributed by atoms with E-state index in [0.717, 1.165) is 0 Å². The fraction of sp³-hybridized carbons (Fsp3) is 0. The third kappa shape index (κ3) is 1.10. The maximum atomic E-state index is 4.59. The average Bonchev–Trinajstić information content (AvgIpc) is 2.58. The minimum atomic E-state index is 0.547. The van der Waals surface area contributed by atoms with Gasteiger partial charge in [-0.05, 0) is 17.1 Å². The summed E-state index contributed by atoms with van der Waals surface area (Å²) >= 11 is 0. The second-order valence-corrected chi connectivity index (χ2v) is 2.01. The molecule has 54 valence electrons. The van der Waals surface area contributed by atoms with Crippen LogP contribution in [-0.4, -0.2) is 10.1 Å². The van der Waals surface area contributed by atoms with Crippen LogP contribution in [0, 0.1) is 0 Å². The molecule has 4 nitrogen and oxygen atoms in total. The van der Waals surface area contributed by atoms with Gasteiger partial charge in [0.2, 0.25) is 0 Å². The lowest BCUT2D eigenvalue weighted by molar-refractivity contribution is -0.604. The number of hydrogen-bond donors (Lipinski definition) is 0. The van der Waals surface area contributed by atoms with Gasteiger partial charge in [0, 0.05) is 0 Å². The molecule has 0 aromatic carbocycles. The van der Waals surface area contributed by atoms with Crippen molar-refractivity contribution in [2.45, 2.75) is 0 Å². The summed E-state index contributed by atoms with van der Waals surface area (Å²) in [5, 5.41) is 3.66. The molecule has 0 aliphatic carbocycles. The van der Waals surface area contributed by atoms with Crippen molar-refractivity contribution in [2.24, 2.45) is 0 Å². The van der Waals surface area contributed by atoms with Crippen LogP contribution >= 0.6 is 0 Å². The Morgan fingerprint density at radius 2 is 2.00 bits per heavy atom. The zero-order valence-electron chi connectivity index (χ0n) is 5.71. The number of pyridine rings is 1. The summed E-state index contributed by atoms with van der Waals surface area (Å²) in [6.07, 6.45) is 5.01. The third-order valence-electron chi connectivity index (χ3n) is 1.30. The Bertz CT molecular complexity index is 317. The highest BCUT2D eigenvalue weighted by Crippen LogP contribution is 1.86. The lowest BCUT2D eigenvalue weighted by Crippen LogP contribution is -2.30. The van der Waals surface area contributed by atoms with E-state index in [1.54, 1.807) is 4.57 Å². The van der Waals surface area contributed by atoms with E-state index < -0.39 is 0 Å². The predicted octanol–water partition coefficient (Wildman–Crippen LogP) is 0.346. The van der Waals surface area contributed by atoms with Gasteiger partial charge in [-0.1, -0.05) is 6.07 Å². The van der Waals surface area contributed by atoms with Gasteiger partial charge in [-0.15, -0.1) is 0 Å². The maximum Gasteiger partial charge on any atom is 0.479 e. The first-order chi connectivity index (χ1) is 5.47. The van der Waals surface area contributed by atoms with Crippen LogP contribution in [0.5, 0.6) is 0 Å². The van der Waals surface area contributed by atoms with Crippen LogP contribution in [-0.2, 0) is 0 Å². The van der Waals surface area contributed by atoms with Gasteiger partial charge in [-0.2, -0.15) is 0 Å². The lowest BCUT2D eigenvalue weighted by Gasteiger charge is -1.86. The molecule has 2 aromatic heterocycles. The van der Waals surface area contributed by atoms with Crippen LogP contribution < -0.4 is 4.57 Å². The molecule has 0 saturated carbocycles. The van der Waals surface area contributed by atoms with E-state index in [0.29, 0.717) is 5.95 Å². The molecule has 2 aromatic rings. The van der Waals surface area contributed by atoms with Crippen molar-refractivity contribution in [2.75, 3.05) is 0 Å². The van der Waals surface area contributed by atoms with Gasteiger partial charge in [0.05, 0.1) is 12.4 Å². The van der Waals surface area contributed by atoms with E-state index in [-0.39, 0.29) is 0 Å². The van der Waals surface area contributed by atoms with E-state index in [4.69, 9.17) is 0 Å². The van der Waals surface area contributed by atoms with Crippen LogP contribution in [0.3, 0.4) is 0 Å². The summed E-state index contributed by atoms with van der Waals surface area (Å²) in [6, 6.07) is 5.73. The Balaban J connectivity index is 2.46. The Morgan fingerprint density at radius 3 is 2.64 bits per heavy atom. The molecule has 0 fully saturated rings. The largest absolute Gasteiger partial charge is 0.479 e. The summed E-state index contributed by atoms with van der Waals surface area (Å²) in [6.45, 7) is 0. The Hall–Kier alpha value is -1.71. The molecule has 0 aliphatic rings. The van der Waals surface area contributed by atoms with Crippen LogP contribution in [0.1, 0.15) is 0 Å². The fourth-order valence-electron chi connectivity index (χ4n) is 0.811. The minimum Gasteiger partial charge on any atom is -0.254 e. The van der Waals surface area contributed by atoms with Crippen LogP contribution in [0.15, 0.2) is 41.5 Å². The SMILES string of the molecule is c1cc[n+](-c2ncon2)cc1. The number of aromatic nitrogens is 3. The van der Waals surface area contributed by atoms with E-state index >= 15 is 0 Å². The molecule has 2 rings (SSSR count). The minimum absolute atomic E-state index is 0.547. The number of nitrogens with zero attached hydrogens (tertiary/aromatic N) is 3. The van der Waals surface area contributed by atoms with Crippen molar-refractivity contribution in [3.63, 3.8) is 0 Å². The molecule has 0 amide bonds. The molecule has 0 radical (unpaired) electrons. The van der Waals surface area contributed by atoms with Crippen molar-refractivity contribution in [1.82, 2.24) is 10.1 Å². The molecule has 0 spiro atoms. The summed E-state index contributed by atoms with van der Waals surface area (Å²) in [5.74, 6) is 0.547. The van der Waals surface area contributed by atoms with Gasteiger partial charge < -0.3 is 0 Å². The molecular formula is C7H6N3O+. The molecule has 0 bridgehead atoms. The molecule has 4 heteroatoms. The zero-order valence-corrected chi connectivity index (χ0v) is 5.71. The number of rotatable bonds is 1. The average molecular weight is 148 g/mol. The molecule has 0 unspecified atom stereocenters. The monoisotopic (exact) mass is 148 g/mol. The molecule has 11 heavy (non-hydrogen) atoms. The van der Waals surface area contributed by atoms with Gasteiger partial charge in [0.15, 0.2) is 0 Å². The Morgan fingerprint density at radius 1 is 1.18 bits per heavy atom. The molecule has 0 aliphatic heterocycles. The summed E-state index contributed by atoms with van der Waals surface area (Å²) < 4.78 is 6.35. The van der Waals surface area contributed by atoms with Gasteiger partial charge in [-0.3, -0.25) is 4.52 Å². The quantitative estimate of drug-likeness (QED) is 0.548. The first-order valence-electron chi connectivity index (χ1n) is 3.20. The van der Waals surface area contributed by atoms with E-state index in [1.165, 1.54) is 6.39 Å². The standard InChI is InChI=1S/C7H6N3O/c1-2-4-10(5-3-1)7-8-6-11-9-7/h1-6H/q+1. The van der Waals surface area contributed by atoms with Crippen LogP contribution in [0.25, 0.3) is 5.95 Å². The normalized spacial score (nSPS) is 9.82. The molecule has 0 N–H and O–H groups in total. The first kappa shape index (κ1) is 6.03. The topological polar surface area (TPSA) is 42.8 Å². The highest BCUT2D eigenvalue weighted by Gasteiger charge is 2.09. The molecular weight excluding hydrogens is 142 g/mol. The number of hydrogen-bond acceptors (Lipinski definition) is 3. The summed E-state index contributed by atoms with van der Waals surface area (Å²) in [5.41, 5.74) is 0. The van der Waals surface area contributed by atoms with Crippen molar-refractivity contribution < 1.29 is 9.09 Å². The second kappa shape index (κ2) is 2.49. The summed E-state index contributed by atoms with van der Waals surface area (Å²) in [4.78, 5) is 3.87. The van der Waals surface area contributed by atoms with Crippen LogP contribution in [0.2, 0.25) is 0 Å². The van der Waals surface area contributed by atoms with Gasteiger partial charge in [-0.25, -0.2) is 4.57 Å². The maximum absolute atomic E-state index is 4.59. The van der Waals surface area contributed by atoms with Crippen molar-refractivity contribution in [3.05, 3.63) is 37.0 Å². The van der Waals surface area contributed by atoms with E-state index in [2.05, 4.69) is 14.7 Å². The summed E-state index contributed by atoms with van der Waals surface area (Å²) in [7, 11) is 0. The first-order valence-corrected chi connectivity index (χ1v) is 3.20. The van der Waals surface area contributed by atoms with Gasteiger partial charge in [0.25, 0.3) is 0 Å². The lowest BCUT2D eigenvalue weighted by atomic mass is 10.5. The highest BCUT2D eigenvalue weighted by molar-refractivity contribution is 4.90. The Kier molecular flexibility index (Phi) is 1.37. The fourth-order valence-corrected chi connectivity index (χ4v) is 0.811.